The van der Waals surface area contributed by atoms with Gasteiger partial charge in [0.15, 0.2) is 3.95 Å². The number of carbonyl (C=O) groups excluding carboxylic acids is 1. The maximum Gasteiger partial charge on any atom is 0.262 e. The minimum absolute atomic E-state index is 0.0732. The molecule has 0 atom stereocenters. The van der Waals surface area contributed by atoms with Gasteiger partial charge in [-0.15, -0.1) is 11.3 Å². The quantitative estimate of drug-likeness (QED) is 0.243. The molecule has 192 valence electrons. The lowest BCUT2D eigenvalue weighted by Crippen LogP contribution is -2.42. The van der Waals surface area contributed by atoms with Gasteiger partial charge in [-0.1, -0.05) is 54.6 Å². The van der Waals surface area contributed by atoms with E-state index in [1.54, 1.807) is 22.8 Å². The number of hydrogen-bond donors (Lipinski definition) is 0. The molecule has 1 saturated heterocycles. The first-order valence-corrected chi connectivity index (χ1v) is 14.0. The van der Waals surface area contributed by atoms with E-state index in [1.807, 2.05) is 33.6 Å². The van der Waals surface area contributed by atoms with Crippen molar-refractivity contribution in [2.24, 2.45) is 5.92 Å². The van der Waals surface area contributed by atoms with E-state index in [0.717, 1.165) is 29.7 Å². The molecule has 0 bridgehead atoms. The molecule has 0 unspecified atom stereocenters. The maximum absolute atomic E-state index is 13.8. The summed E-state index contributed by atoms with van der Waals surface area (Å²) in [6.07, 6.45) is 2.89. The van der Waals surface area contributed by atoms with Crippen molar-refractivity contribution >= 4 is 46.0 Å². The lowest BCUT2D eigenvalue weighted by Gasteiger charge is -2.32. The molecule has 1 aliphatic rings. The molecule has 38 heavy (non-hydrogen) atoms. The van der Waals surface area contributed by atoms with Crippen molar-refractivity contribution < 1.29 is 9.18 Å². The standard InChI is InChI=1S/C30H26FN3O2S2/c31-23-12-10-22(11-13-23)27-28-33(29(36)24-8-4-5-9-25(24)34(28)30(37)38-27)19-26(35)32-16-14-21(15-17-32)18-20-6-2-1-3-7-20/h1-13,21H,14-19H2. The van der Waals surface area contributed by atoms with Crippen molar-refractivity contribution in [3.05, 3.63) is 105 Å². The lowest BCUT2D eigenvalue weighted by molar-refractivity contribution is -0.133. The molecule has 0 aliphatic carbocycles. The number of rotatable bonds is 5. The SMILES string of the molecule is O=C(Cn1c(=O)c2ccccc2n2c(=S)sc(-c3ccc(F)cc3)c12)N1CCC(Cc2ccccc2)CC1. The van der Waals surface area contributed by atoms with Crippen LogP contribution in [0.25, 0.3) is 27.0 Å². The summed E-state index contributed by atoms with van der Waals surface area (Å²) in [7, 11) is 0. The Labute approximate surface area is 228 Å². The Morgan fingerprint density at radius 1 is 0.947 bits per heavy atom. The van der Waals surface area contributed by atoms with Crippen LogP contribution in [0.4, 0.5) is 4.39 Å². The molecule has 5 nitrogen and oxygen atoms in total. The highest BCUT2D eigenvalue weighted by atomic mass is 32.1. The second-order valence-corrected chi connectivity index (χ2v) is 11.4. The number of amides is 1. The molecule has 0 saturated carbocycles. The zero-order valence-electron chi connectivity index (χ0n) is 20.7. The van der Waals surface area contributed by atoms with Crippen LogP contribution in [-0.2, 0) is 17.8 Å². The van der Waals surface area contributed by atoms with E-state index in [0.29, 0.717) is 39.5 Å². The topological polar surface area (TPSA) is 46.7 Å². The molecule has 0 spiro atoms. The normalized spacial score (nSPS) is 14.4. The number of para-hydroxylation sites is 1. The smallest absolute Gasteiger partial charge is 0.262 e. The zero-order chi connectivity index (χ0) is 26.2. The zero-order valence-corrected chi connectivity index (χ0v) is 22.3. The predicted octanol–water partition coefficient (Wildman–Crippen LogP) is 6.33. The highest BCUT2D eigenvalue weighted by Gasteiger charge is 2.25. The number of thiazole rings is 1. The molecule has 1 fully saturated rings. The van der Waals surface area contributed by atoms with Crippen LogP contribution in [0.5, 0.6) is 0 Å². The van der Waals surface area contributed by atoms with E-state index in [9.17, 15) is 14.0 Å². The first-order valence-electron chi connectivity index (χ1n) is 12.7. The predicted molar refractivity (Wildman–Crippen MR) is 153 cm³/mol. The van der Waals surface area contributed by atoms with Gasteiger partial charge in [0.2, 0.25) is 5.91 Å². The number of likely N-dealkylation sites (tertiary alicyclic amines) is 1. The molecule has 0 radical (unpaired) electrons. The van der Waals surface area contributed by atoms with E-state index in [2.05, 4.69) is 24.3 Å². The Bertz CT molecular complexity index is 1750. The summed E-state index contributed by atoms with van der Waals surface area (Å²) in [6, 6.07) is 23.9. The summed E-state index contributed by atoms with van der Waals surface area (Å²) in [5, 5.41) is 0.508. The summed E-state index contributed by atoms with van der Waals surface area (Å²) in [5.74, 6) is 0.121. The lowest BCUT2D eigenvalue weighted by atomic mass is 9.90. The van der Waals surface area contributed by atoms with Crippen LogP contribution in [0.15, 0.2) is 83.7 Å². The second kappa shape index (κ2) is 10.3. The first kappa shape index (κ1) is 24.7. The summed E-state index contributed by atoms with van der Waals surface area (Å²) in [6.45, 7) is 1.28. The number of carbonyl (C=O) groups is 1. The van der Waals surface area contributed by atoms with E-state index in [-0.39, 0.29) is 23.8 Å². The molecule has 1 aliphatic heterocycles. The van der Waals surface area contributed by atoms with Gasteiger partial charge in [0, 0.05) is 13.1 Å². The Morgan fingerprint density at radius 3 is 2.37 bits per heavy atom. The van der Waals surface area contributed by atoms with Crippen LogP contribution in [0.3, 0.4) is 0 Å². The van der Waals surface area contributed by atoms with Gasteiger partial charge in [-0.25, -0.2) is 4.39 Å². The molecule has 2 aromatic heterocycles. The summed E-state index contributed by atoms with van der Waals surface area (Å²) < 4.78 is 17.7. The molecular weight excluding hydrogens is 517 g/mol. The number of benzene rings is 3. The average Bonchev–Trinajstić information content (AvgIpc) is 3.29. The molecule has 0 N–H and O–H groups in total. The van der Waals surface area contributed by atoms with Gasteiger partial charge in [0.05, 0.1) is 15.8 Å². The van der Waals surface area contributed by atoms with Gasteiger partial charge >= 0.3 is 0 Å². The van der Waals surface area contributed by atoms with Crippen molar-refractivity contribution in [3.63, 3.8) is 0 Å². The van der Waals surface area contributed by atoms with Gasteiger partial charge in [-0.2, -0.15) is 0 Å². The molecule has 3 heterocycles. The number of hydrogen-bond acceptors (Lipinski definition) is 4. The molecule has 3 aromatic carbocycles. The highest BCUT2D eigenvalue weighted by molar-refractivity contribution is 7.73. The number of piperidine rings is 1. The minimum atomic E-state index is -0.338. The summed E-state index contributed by atoms with van der Waals surface area (Å²) in [4.78, 5) is 29.9. The summed E-state index contributed by atoms with van der Waals surface area (Å²) in [5.41, 5.74) is 3.12. The van der Waals surface area contributed by atoms with Gasteiger partial charge in [0.25, 0.3) is 5.56 Å². The van der Waals surface area contributed by atoms with Crippen molar-refractivity contribution in [3.8, 4) is 10.4 Å². The Balaban J connectivity index is 1.35. The van der Waals surface area contributed by atoms with E-state index in [4.69, 9.17) is 12.2 Å². The number of aromatic nitrogens is 2. The maximum atomic E-state index is 13.8. The first-order chi connectivity index (χ1) is 18.5. The van der Waals surface area contributed by atoms with E-state index < -0.39 is 0 Å². The fourth-order valence-electron chi connectivity index (χ4n) is 5.42. The average molecular weight is 544 g/mol. The Kier molecular flexibility index (Phi) is 6.68. The third-order valence-electron chi connectivity index (χ3n) is 7.40. The molecule has 1 amide bonds. The second-order valence-electron chi connectivity index (χ2n) is 9.79. The van der Waals surface area contributed by atoms with Crippen LogP contribution in [-0.4, -0.2) is 32.9 Å². The van der Waals surface area contributed by atoms with Crippen molar-refractivity contribution in [1.82, 2.24) is 13.9 Å². The largest absolute Gasteiger partial charge is 0.341 e. The van der Waals surface area contributed by atoms with Crippen LogP contribution in [0, 0.1) is 15.7 Å². The van der Waals surface area contributed by atoms with Crippen molar-refractivity contribution in [2.45, 2.75) is 25.8 Å². The molecule has 8 heteroatoms. The van der Waals surface area contributed by atoms with Crippen LogP contribution >= 0.6 is 23.6 Å². The Hall–Kier alpha value is -3.62. The fourth-order valence-corrected chi connectivity index (χ4v) is 6.85. The van der Waals surface area contributed by atoms with E-state index in [1.165, 1.54) is 29.0 Å². The monoisotopic (exact) mass is 543 g/mol. The van der Waals surface area contributed by atoms with Gasteiger partial charge in [-0.3, -0.25) is 18.6 Å². The van der Waals surface area contributed by atoms with Crippen molar-refractivity contribution in [2.75, 3.05) is 13.1 Å². The van der Waals surface area contributed by atoms with Crippen LogP contribution in [0.2, 0.25) is 0 Å². The molecular formula is C30H26FN3O2S2. The van der Waals surface area contributed by atoms with Crippen LogP contribution < -0.4 is 5.56 Å². The Morgan fingerprint density at radius 2 is 1.63 bits per heavy atom. The number of nitrogens with zero attached hydrogens (tertiary/aromatic N) is 3. The number of halogens is 1. The molecule has 6 rings (SSSR count). The van der Waals surface area contributed by atoms with Gasteiger partial charge in [0.1, 0.15) is 18.0 Å². The van der Waals surface area contributed by atoms with Gasteiger partial charge in [-0.05, 0) is 72.8 Å². The highest BCUT2D eigenvalue weighted by Crippen LogP contribution is 2.33. The molecule has 5 aromatic rings. The minimum Gasteiger partial charge on any atom is -0.341 e. The number of fused-ring (bicyclic) bond motifs is 3. The summed E-state index contributed by atoms with van der Waals surface area (Å²) >= 11 is 7.09. The van der Waals surface area contributed by atoms with Crippen LogP contribution in [0.1, 0.15) is 18.4 Å². The van der Waals surface area contributed by atoms with Crippen molar-refractivity contribution in [1.29, 1.82) is 0 Å². The third kappa shape index (κ3) is 4.59. The van der Waals surface area contributed by atoms with E-state index >= 15 is 0 Å². The fraction of sp³-hybridized carbons (Fsp3) is 0.233. The third-order valence-corrected chi connectivity index (χ3v) is 8.81. The van der Waals surface area contributed by atoms with Gasteiger partial charge < -0.3 is 4.90 Å².